The van der Waals surface area contributed by atoms with Gasteiger partial charge in [0.1, 0.15) is 10.8 Å². The molecule has 1 aromatic carbocycles. The van der Waals surface area contributed by atoms with E-state index in [2.05, 4.69) is 4.98 Å². The Morgan fingerprint density at radius 2 is 2.25 bits per heavy atom. The Morgan fingerprint density at radius 1 is 1.38 bits per heavy atom. The second-order valence-corrected chi connectivity index (χ2v) is 7.58. The summed E-state index contributed by atoms with van der Waals surface area (Å²) in [6.45, 7) is 0.610. The van der Waals surface area contributed by atoms with E-state index in [4.69, 9.17) is 17.3 Å². The van der Waals surface area contributed by atoms with Gasteiger partial charge in [-0.15, -0.1) is 11.3 Å². The molecular weight excluding hydrogens is 367 g/mol. The minimum Gasteiger partial charge on any atom is -0.330 e. The van der Waals surface area contributed by atoms with E-state index in [9.17, 15) is 4.39 Å². The third-order valence-electron chi connectivity index (χ3n) is 3.83. The minimum absolute atomic E-state index is 0.234. The van der Waals surface area contributed by atoms with Gasteiger partial charge in [0.15, 0.2) is 10.1 Å². The number of benzene rings is 1. The maximum Gasteiger partial charge on any atom is 0.196 e. The van der Waals surface area contributed by atoms with Crippen molar-refractivity contribution in [2.24, 2.45) is 5.73 Å². The van der Waals surface area contributed by atoms with Gasteiger partial charge in [-0.2, -0.15) is 0 Å². The monoisotopic (exact) mass is 380 g/mol. The number of hydrogen-bond donors (Lipinski definition) is 1. The molecule has 3 heterocycles. The van der Waals surface area contributed by atoms with E-state index in [0.717, 1.165) is 39.3 Å². The molecule has 4 aromatic rings. The van der Waals surface area contributed by atoms with Crippen LogP contribution in [0.2, 0.25) is 5.15 Å². The van der Waals surface area contributed by atoms with Crippen LogP contribution in [0.1, 0.15) is 12.0 Å². The largest absolute Gasteiger partial charge is 0.330 e. The van der Waals surface area contributed by atoms with Crippen LogP contribution < -0.4 is 5.73 Å². The SMILES string of the molecule is NCCCc1cn(Sc2c(Cl)nc3sccn23)c2ccc(F)cc12. The van der Waals surface area contributed by atoms with Gasteiger partial charge in [-0.1, -0.05) is 11.6 Å². The molecule has 124 valence electrons. The van der Waals surface area contributed by atoms with Crippen molar-refractivity contribution in [2.45, 2.75) is 17.9 Å². The maximum atomic E-state index is 13.7. The fraction of sp³-hybridized carbons (Fsp3) is 0.188. The number of nitrogens with two attached hydrogens (primary N) is 1. The molecule has 0 fully saturated rings. The zero-order chi connectivity index (χ0) is 16.7. The van der Waals surface area contributed by atoms with E-state index in [1.807, 2.05) is 26.1 Å². The maximum absolute atomic E-state index is 13.7. The lowest BCUT2D eigenvalue weighted by molar-refractivity contribution is 0.629. The highest BCUT2D eigenvalue weighted by atomic mass is 35.5. The van der Waals surface area contributed by atoms with E-state index >= 15 is 0 Å². The molecule has 2 N–H and O–H groups in total. The van der Waals surface area contributed by atoms with Gasteiger partial charge in [0.05, 0.1) is 5.52 Å². The average molecular weight is 381 g/mol. The number of halogens is 2. The summed E-state index contributed by atoms with van der Waals surface area (Å²) in [6.07, 6.45) is 5.66. The van der Waals surface area contributed by atoms with Gasteiger partial charge in [0.2, 0.25) is 0 Å². The molecule has 0 saturated carbocycles. The molecule has 0 aliphatic carbocycles. The molecule has 0 bridgehead atoms. The predicted octanol–water partition coefficient (Wildman–Crippen LogP) is 4.59. The molecule has 0 aliphatic heterocycles. The molecule has 0 saturated heterocycles. The predicted molar refractivity (Wildman–Crippen MR) is 98.6 cm³/mol. The van der Waals surface area contributed by atoms with Gasteiger partial charge in [-0.3, -0.25) is 8.37 Å². The first-order valence-electron chi connectivity index (χ1n) is 7.46. The van der Waals surface area contributed by atoms with Gasteiger partial charge in [-0.05, 0) is 43.1 Å². The third kappa shape index (κ3) is 2.71. The second kappa shape index (κ2) is 6.40. The standard InChI is InChI=1S/C16H14ClFN4S2/c17-14-15(21-6-7-23-16(21)20-14)24-22-9-10(2-1-5-19)12-8-11(18)3-4-13(12)22/h3-4,6-9H,1-2,5,19H2. The Morgan fingerprint density at radius 3 is 3.08 bits per heavy atom. The molecule has 0 radical (unpaired) electrons. The first-order valence-corrected chi connectivity index (χ1v) is 9.49. The molecular formula is C16H14ClFN4S2. The second-order valence-electron chi connectivity index (χ2n) is 5.39. The van der Waals surface area contributed by atoms with E-state index in [1.165, 1.54) is 29.4 Å². The van der Waals surface area contributed by atoms with E-state index in [0.29, 0.717) is 11.7 Å². The van der Waals surface area contributed by atoms with E-state index in [1.54, 1.807) is 12.1 Å². The highest BCUT2D eigenvalue weighted by Gasteiger charge is 2.16. The van der Waals surface area contributed by atoms with Crippen LogP contribution in [0.15, 0.2) is 41.0 Å². The van der Waals surface area contributed by atoms with Crippen molar-refractivity contribution in [2.75, 3.05) is 6.54 Å². The topological polar surface area (TPSA) is 48.2 Å². The van der Waals surface area contributed by atoms with E-state index < -0.39 is 0 Å². The molecule has 4 nitrogen and oxygen atoms in total. The zero-order valence-corrected chi connectivity index (χ0v) is 15.0. The summed E-state index contributed by atoms with van der Waals surface area (Å²) in [6, 6.07) is 4.85. The van der Waals surface area contributed by atoms with Crippen molar-refractivity contribution < 1.29 is 4.39 Å². The first kappa shape index (κ1) is 16.0. The summed E-state index contributed by atoms with van der Waals surface area (Å²) in [5, 5.41) is 4.20. The van der Waals surface area contributed by atoms with Crippen molar-refractivity contribution >= 4 is 50.7 Å². The number of hydrogen-bond acceptors (Lipinski definition) is 4. The summed E-state index contributed by atoms with van der Waals surface area (Å²) >= 11 is 9.31. The Hall–Kier alpha value is -1.54. The number of aromatic nitrogens is 3. The number of nitrogens with zero attached hydrogens (tertiary/aromatic N) is 3. The Labute approximate surface area is 151 Å². The molecule has 3 aromatic heterocycles. The van der Waals surface area contributed by atoms with Crippen LogP contribution >= 0.6 is 34.9 Å². The fourth-order valence-electron chi connectivity index (χ4n) is 2.72. The molecule has 24 heavy (non-hydrogen) atoms. The van der Waals surface area contributed by atoms with Gasteiger partial charge >= 0.3 is 0 Å². The third-order valence-corrected chi connectivity index (χ3v) is 6.02. The number of aryl methyl sites for hydroxylation is 1. The van der Waals surface area contributed by atoms with Crippen LogP contribution in [0.4, 0.5) is 4.39 Å². The summed E-state index contributed by atoms with van der Waals surface area (Å²) in [7, 11) is 0. The Balaban J connectivity index is 1.81. The van der Waals surface area contributed by atoms with Crippen molar-refractivity contribution in [3.8, 4) is 0 Å². The number of thiazole rings is 1. The van der Waals surface area contributed by atoms with Gasteiger partial charge in [0.25, 0.3) is 0 Å². The number of fused-ring (bicyclic) bond motifs is 2. The van der Waals surface area contributed by atoms with Crippen LogP contribution in [-0.2, 0) is 6.42 Å². The van der Waals surface area contributed by atoms with E-state index in [-0.39, 0.29) is 5.82 Å². The zero-order valence-electron chi connectivity index (χ0n) is 12.6. The lowest BCUT2D eigenvalue weighted by Gasteiger charge is -2.03. The van der Waals surface area contributed by atoms with Crippen LogP contribution in [0.5, 0.6) is 0 Å². The Bertz CT molecular complexity index is 1020. The minimum atomic E-state index is -0.234. The highest BCUT2D eigenvalue weighted by molar-refractivity contribution is 7.98. The summed E-state index contributed by atoms with van der Waals surface area (Å²) in [4.78, 5) is 5.21. The smallest absolute Gasteiger partial charge is 0.196 e. The van der Waals surface area contributed by atoms with Crippen molar-refractivity contribution in [3.05, 3.63) is 52.5 Å². The normalized spacial score (nSPS) is 11.8. The summed E-state index contributed by atoms with van der Waals surface area (Å²) in [5.41, 5.74) is 7.66. The molecule has 0 amide bonds. The lowest BCUT2D eigenvalue weighted by Crippen LogP contribution is -1.99. The number of imidazole rings is 1. The number of rotatable bonds is 5. The molecule has 0 aliphatic rings. The molecule has 0 spiro atoms. The quantitative estimate of drug-likeness (QED) is 0.551. The highest BCUT2D eigenvalue weighted by Crippen LogP contribution is 2.35. The van der Waals surface area contributed by atoms with Gasteiger partial charge in [0, 0.05) is 35.1 Å². The molecule has 8 heteroatoms. The van der Waals surface area contributed by atoms with Crippen LogP contribution in [0.3, 0.4) is 0 Å². The van der Waals surface area contributed by atoms with Crippen LogP contribution in [-0.4, -0.2) is 19.9 Å². The fourth-order valence-corrected chi connectivity index (χ4v) is 4.80. The van der Waals surface area contributed by atoms with Crippen LogP contribution in [0, 0.1) is 5.82 Å². The molecule has 0 atom stereocenters. The van der Waals surface area contributed by atoms with Crippen molar-refractivity contribution in [3.63, 3.8) is 0 Å². The summed E-state index contributed by atoms with van der Waals surface area (Å²) in [5.74, 6) is -0.234. The first-order chi connectivity index (χ1) is 11.7. The molecule has 0 unspecified atom stereocenters. The molecule has 4 rings (SSSR count). The van der Waals surface area contributed by atoms with Gasteiger partial charge < -0.3 is 5.73 Å². The summed E-state index contributed by atoms with van der Waals surface area (Å²) < 4.78 is 17.7. The van der Waals surface area contributed by atoms with Crippen molar-refractivity contribution in [1.82, 2.24) is 13.4 Å². The van der Waals surface area contributed by atoms with Crippen LogP contribution in [0.25, 0.3) is 15.9 Å². The lowest BCUT2D eigenvalue weighted by atomic mass is 10.1. The van der Waals surface area contributed by atoms with Crippen molar-refractivity contribution in [1.29, 1.82) is 0 Å². The van der Waals surface area contributed by atoms with Gasteiger partial charge in [-0.25, -0.2) is 9.37 Å². The average Bonchev–Trinajstić information content (AvgIpc) is 3.21. The Kier molecular flexibility index (Phi) is 4.26.